The van der Waals surface area contributed by atoms with Gasteiger partial charge in [0.05, 0.1) is 0 Å². The van der Waals surface area contributed by atoms with Crippen LogP contribution in [0.25, 0.3) is 0 Å². The first-order chi connectivity index (χ1) is 4.61. The predicted molar refractivity (Wildman–Crippen MR) is 49.4 cm³/mol. The third-order valence-corrected chi connectivity index (χ3v) is 2.21. The van der Waals surface area contributed by atoms with Crippen molar-refractivity contribution in [2.24, 2.45) is 0 Å². The van der Waals surface area contributed by atoms with Crippen molar-refractivity contribution in [1.29, 1.82) is 0 Å². The van der Waals surface area contributed by atoms with E-state index in [4.69, 9.17) is 23.2 Å². The first kappa shape index (κ1) is 7.97. The Morgan fingerprint density at radius 3 is 2.00 bits per heavy atom. The summed E-state index contributed by atoms with van der Waals surface area (Å²) in [4.78, 5) is 0. The number of halogens is 2. The highest BCUT2D eigenvalue weighted by Crippen LogP contribution is 2.20. The molecule has 1 aromatic carbocycles. The van der Waals surface area contributed by atoms with E-state index >= 15 is 0 Å². The normalized spacial score (nSPS) is 9.90. The van der Waals surface area contributed by atoms with Crippen LogP contribution in [-0.2, 0) is 0 Å². The molecule has 0 fully saturated rings. The van der Waals surface area contributed by atoms with Gasteiger partial charge in [-0.05, 0) is 24.6 Å². The van der Waals surface area contributed by atoms with Crippen molar-refractivity contribution < 1.29 is 0 Å². The van der Waals surface area contributed by atoms with Gasteiger partial charge in [0.1, 0.15) is 7.85 Å². The average Bonchev–Trinajstić information content (AvgIpc) is 1.82. The molecule has 0 amide bonds. The summed E-state index contributed by atoms with van der Waals surface area (Å²) in [7, 11) is 1.97. The van der Waals surface area contributed by atoms with Crippen molar-refractivity contribution in [2.45, 2.75) is 6.92 Å². The molecule has 0 bridgehead atoms. The Bertz CT molecular complexity index is 235. The third-order valence-electron chi connectivity index (χ3n) is 1.43. The maximum Gasteiger partial charge on any atom is 0.139 e. The van der Waals surface area contributed by atoms with E-state index in [1.807, 2.05) is 26.9 Å². The molecule has 52 valence electrons. The summed E-state index contributed by atoms with van der Waals surface area (Å²) in [6.45, 7) is 1.91. The van der Waals surface area contributed by atoms with E-state index in [1.165, 1.54) is 0 Å². The summed E-state index contributed by atoms with van der Waals surface area (Å²) in [5, 5.41) is 1.48. The summed E-state index contributed by atoms with van der Waals surface area (Å²) in [6, 6.07) is 3.81. The molecule has 0 radical (unpaired) electrons. The molecule has 10 heavy (non-hydrogen) atoms. The second-order valence-corrected chi connectivity index (χ2v) is 3.17. The van der Waals surface area contributed by atoms with Gasteiger partial charge in [0.25, 0.3) is 0 Å². The van der Waals surface area contributed by atoms with E-state index in [1.54, 1.807) is 0 Å². The molecule has 0 unspecified atom stereocenters. The number of hydrogen-bond donors (Lipinski definition) is 0. The topological polar surface area (TPSA) is 0 Å². The van der Waals surface area contributed by atoms with Gasteiger partial charge >= 0.3 is 0 Å². The first-order valence-corrected chi connectivity index (χ1v) is 3.79. The van der Waals surface area contributed by atoms with Gasteiger partial charge in [-0.25, -0.2) is 0 Å². The van der Waals surface area contributed by atoms with Gasteiger partial charge in [-0.1, -0.05) is 28.7 Å². The van der Waals surface area contributed by atoms with E-state index < -0.39 is 0 Å². The van der Waals surface area contributed by atoms with E-state index in [0.29, 0.717) is 0 Å². The van der Waals surface area contributed by atoms with E-state index in [9.17, 15) is 0 Å². The van der Waals surface area contributed by atoms with Crippen molar-refractivity contribution in [3.63, 3.8) is 0 Å². The lowest BCUT2D eigenvalue weighted by Crippen LogP contribution is -2.01. The molecule has 1 aromatic rings. The fourth-order valence-corrected chi connectivity index (χ4v) is 1.37. The van der Waals surface area contributed by atoms with Crippen LogP contribution in [0, 0.1) is 6.92 Å². The zero-order valence-electron chi connectivity index (χ0n) is 5.91. The van der Waals surface area contributed by atoms with Crippen LogP contribution in [0.2, 0.25) is 10.0 Å². The molecule has 0 heterocycles. The minimum atomic E-state index is 0.741. The van der Waals surface area contributed by atoms with Crippen molar-refractivity contribution in [1.82, 2.24) is 0 Å². The molecular weight excluding hydrogens is 166 g/mol. The minimum Gasteiger partial charge on any atom is -0.0860 e. The predicted octanol–water partition coefficient (Wildman–Crippen LogP) is 1.56. The summed E-state index contributed by atoms with van der Waals surface area (Å²) in [5.74, 6) is 0. The van der Waals surface area contributed by atoms with Crippen LogP contribution in [0.4, 0.5) is 0 Å². The number of rotatable bonds is 0. The standard InChI is InChI=1S/C7H7BCl2/c1-4-6(9)2-5(8)3-7(4)10/h2-3H,8H2,1H3. The van der Waals surface area contributed by atoms with Crippen LogP contribution in [0.5, 0.6) is 0 Å². The van der Waals surface area contributed by atoms with Gasteiger partial charge in [-0.2, -0.15) is 0 Å². The molecule has 0 nitrogen and oxygen atoms in total. The second kappa shape index (κ2) is 2.85. The summed E-state index contributed by atoms with van der Waals surface area (Å²) in [5.41, 5.74) is 2.05. The summed E-state index contributed by atoms with van der Waals surface area (Å²) < 4.78 is 0. The quantitative estimate of drug-likeness (QED) is 0.522. The Kier molecular flexibility index (Phi) is 2.27. The third kappa shape index (κ3) is 1.47. The lowest BCUT2D eigenvalue weighted by atomic mass is 9.95. The monoisotopic (exact) mass is 172 g/mol. The molecule has 0 spiro atoms. The molecule has 0 atom stereocenters. The number of benzene rings is 1. The van der Waals surface area contributed by atoms with Crippen molar-refractivity contribution in [3.05, 3.63) is 27.7 Å². The Morgan fingerprint density at radius 2 is 1.60 bits per heavy atom. The summed E-state index contributed by atoms with van der Waals surface area (Å²) >= 11 is 11.7. The van der Waals surface area contributed by atoms with Gasteiger partial charge < -0.3 is 0 Å². The Labute approximate surface area is 71.6 Å². The molecule has 0 aliphatic heterocycles. The highest BCUT2D eigenvalue weighted by atomic mass is 35.5. The first-order valence-electron chi connectivity index (χ1n) is 3.03. The average molecular weight is 173 g/mol. The fourth-order valence-electron chi connectivity index (χ4n) is 0.772. The lowest BCUT2D eigenvalue weighted by Gasteiger charge is -2.01. The van der Waals surface area contributed by atoms with Crippen LogP contribution < -0.4 is 5.46 Å². The second-order valence-electron chi connectivity index (χ2n) is 2.35. The molecule has 0 aliphatic carbocycles. The number of hydrogen-bond acceptors (Lipinski definition) is 0. The lowest BCUT2D eigenvalue weighted by molar-refractivity contribution is 1.49. The van der Waals surface area contributed by atoms with Gasteiger partial charge in [0.2, 0.25) is 0 Å². The van der Waals surface area contributed by atoms with Crippen LogP contribution in [0.15, 0.2) is 12.1 Å². The highest BCUT2D eigenvalue weighted by Gasteiger charge is 1.99. The van der Waals surface area contributed by atoms with Crippen molar-refractivity contribution in [3.8, 4) is 0 Å². The molecule has 0 aliphatic rings. The Morgan fingerprint density at radius 1 is 1.20 bits per heavy atom. The molecular formula is C7H7BCl2. The Hall–Kier alpha value is -0.135. The minimum absolute atomic E-state index is 0.741. The summed E-state index contributed by atoms with van der Waals surface area (Å²) in [6.07, 6.45) is 0. The van der Waals surface area contributed by atoms with Crippen LogP contribution in [-0.4, -0.2) is 7.85 Å². The Balaban J connectivity index is 3.31. The van der Waals surface area contributed by atoms with E-state index in [2.05, 4.69) is 0 Å². The SMILES string of the molecule is Bc1cc(Cl)c(C)c(Cl)c1. The van der Waals surface area contributed by atoms with Gasteiger partial charge in [0.15, 0.2) is 0 Å². The van der Waals surface area contributed by atoms with Gasteiger partial charge in [-0.3, -0.25) is 0 Å². The van der Waals surface area contributed by atoms with Crippen LogP contribution in [0.1, 0.15) is 5.56 Å². The van der Waals surface area contributed by atoms with E-state index in [-0.39, 0.29) is 0 Å². The molecule has 0 N–H and O–H groups in total. The molecule has 3 heteroatoms. The molecule has 0 saturated carbocycles. The van der Waals surface area contributed by atoms with Gasteiger partial charge in [-0.15, -0.1) is 0 Å². The van der Waals surface area contributed by atoms with Crippen molar-refractivity contribution >= 4 is 36.5 Å². The van der Waals surface area contributed by atoms with Gasteiger partial charge in [0, 0.05) is 10.0 Å². The van der Waals surface area contributed by atoms with Crippen LogP contribution in [0.3, 0.4) is 0 Å². The van der Waals surface area contributed by atoms with Crippen molar-refractivity contribution in [2.75, 3.05) is 0 Å². The smallest absolute Gasteiger partial charge is 0.0860 e. The molecule has 1 rings (SSSR count). The zero-order chi connectivity index (χ0) is 7.72. The highest BCUT2D eigenvalue weighted by molar-refractivity contribution is 6.40. The van der Waals surface area contributed by atoms with E-state index in [0.717, 1.165) is 21.1 Å². The maximum atomic E-state index is 5.83. The molecule has 0 saturated heterocycles. The molecule has 0 aromatic heterocycles. The van der Waals surface area contributed by atoms with Crippen LogP contribution >= 0.6 is 23.2 Å². The fraction of sp³-hybridized carbons (Fsp3) is 0.143. The largest absolute Gasteiger partial charge is 0.139 e. The maximum absolute atomic E-state index is 5.83. The zero-order valence-corrected chi connectivity index (χ0v) is 7.42.